The summed E-state index contributed by atoms with van der Waals surface area (Å²) in [5.41, 5.74) is 2.52. The van der Waals surface area contributed by atoms with Gasteiger partial charge in [-0.2, -0.15) is 0 Å². The van der Waals surface area contributed by atoms with Crippen LogP contribution >= 0.6 is 11.3 Å². The van der Waals surface area contributed by atoms with E-state index in [0.29, 0.717) is 21.5 Å². The monoisotopic (exact) mass is 553 g/mol. The Kier molecular flexibility index (Phi) is 7.24. The third kappa shape index (κ3) is 5.51. The lowest BCUT2D eigenvalue weighted by Gasteiger charge is -2.21. The molecule has 2 aromatic carbocycles. The molecular formula is C28H31N3O5S2. The highest BCUT2D eigenvalue weighted by Crippen LogP contribution is 2.29. The van der Waals surface area contributed by atoms with Gasteiger partial charge >= 0.3 is 5.97 Å². The summed E-state index contributed by atoms with van der Waals surface area (Å²) in [5.74, 6) is -0.365. The van der Waals surface area contributed by atoms with Crippen LogP contribution in [-0.2, 0) is 20.2 Å². The number of nitrogens with zero attached hydrogens (tertiary/aromatic N) is 1. The lowest BCUT2D eigenvalue weighted by atomic mass is 9.87. The second-order valence-corrected chi connectivity index (χ2v) is 13.2. The highest BCUT2D eigenvalue weighted by Gasteiger charge is 2.23. The second-order valence-electron chi connectivity index (χ2n) is 10.4. The van der Waals surface area contributed by atoms with E-state index in [2.05, 4.69) is 14.7 Å². The number of carbonyl (C=O) groups is 1. The number of rotatable bonds is 6. The van der Waals surface area contributed by atoms with Gasteiger partial charge in [-0.3, -0.25) is 9.52 Å². The summed E-state index contributed by atoms with van der Waals surface area (Å²) in [6.07, 6.45) is -0.793. The van der Waals surface area contributed by atoms with Gasteiger partial charge in [0.05, 0.1) is 15.8 Å². The number of aryl methyl sites for hydroxylation is 3. The minimum atomic E-state index is -3.85. The van der Waals surface area contributed by atoms with Gasteiger partial charge in [0.25, 0.3) is 15.6 Å². The van der Waals surface area contributed by atoms with E-state index in [1.54, 1.807) is 26.0 Å². The van der Waals surface area contributed by atoms with Crippen LogP contribution in [0.3, 0.4) is 0 Å². The Morgan fingerprint density at radius 2 is 1.74 bits per heavy atom. The number of fused-ring (bicyclic) bond motifs is 1. The van der Waals surface area contributed by atoms with E-state index in [0.717, 1.165) is 16.0 Å². The van der Waals surface area contributed by atoms with Crippen LogP contribution in [-0.4, -0.2) is 24.4 Å². The van der Waals surface area contributed by atoms with Gasteiger partial charge in [-0.15, -0.1) is 11.3 Å². The molecule has 0 radical (unpaired) electrons. The van der Waals surface area contributed by atoms with Crippen molar-refractivity contribution < 1.29 is 17.9 Å². The Labute approximate surface area is 226 Å². The van der Waals surface area contributed by atoms with Gasteiger partial charge in [0.2, 0.25) is 0 Å². The maximum absolute atomic E-state index is 13.1. The topological polar surface area (TPSA) is 118 Å². The molecule has 0 spiro atoms. The first-order valence-electron chi connectivity index (χ1n) is 12.1. The number of esters is 1. The van der Waals surface area contributed by atoms with E-state index in [-0.39, 0.29) is 27.3 Å². The lowest BCUT2D eigenvalue weighted by molar-refractivity contribution is 0.0320. The normalized spacial score (nSPS) is 12.9. The van der Waals surface area contributed by atoms with E-state index in [9.17, 15) is 18.0 Å². The number of H-pyrrole nitrogens is 1. The first kappa shape index (κ1) is 27.5. The molecule has 10 heteroatoms. The Morgan fingerprint density at radius 3 is 2.37 bits per heavy atom. The SMILES string of the molecule is Cc1ccc(C(C)(C)C)cc1S(=O)(=O)Nc1ccc(C(=O)O[C@H](C)c2nc3sc(C)c(C)c3c(=O)[nH]2)cc1. The molecule has 0 aliphatic heterocycles. The fourth-order valence-corrected chi connectivity index (χ4v) is 6.36. The average molecular weight is 554 g/mol. The zero-order valence-corrected chi connectivity index (χ0v) is 24.1. The highest BCUT2D eigenvalue weighted by molar-refractivity contribution is 7.92. The van der Waals surface area contributed by atoms with Crippen molar-refractivity contribution >= 4 is 43.2 Å². The number of hydrogen-bond donors (Lipinski definition) is 2. The zero-order chi connectivity index (χ0) is 28.0. The molecule has 200 valence electrons. The van der Waals surface area contributed by atoms with Crippen molar-refractivity contribution in [1.82, 2.24) is 9.97 Å². The molecule has 2 heterocycles. The smallest absolute Gasteiger partial charge is 0.338 e. The Balaban J connectivity index is 1.49. The van der Waals surface area contributed by atoms with Crippen LogP contribution < -0.4 is 10.3 Å². The molecule has 1 atom stereocenters. The van der Waals surface area contributed by atoms with Crippen LogP contribution in [0.2, 0.25) is 0 Å². The summed E-state index contributed by atoms with van der Waals surface area (Å²) in [6.45, 7) is 13.3. The number of thiophene rings is 1. The van der Waals surface area contributed by atoms with Crippen LogP contribution in [0.25, 0.3) is 10.2 Å². The fraction of sp³-hybridized carbons (Fsp3) is 0.321. The van der Waals surface area contributed by atoms with Gasteiger partial charge < -0.3 is 9.72 Å². The van der Waals surface area contributed by atoms with Crippen molar-refractivity contribution in [3.05, 3.63) is 85.8 Å². The average Bonchev–Trinajstić information content (AvgIpc) is 3.12. The van der Waals surface area contributed by atoms with E-state index >= 15 is 0 Å². The summed E-state index contributed by atoms with van der Waals surface area (Å²) in [7, 11) is -3.85. The molecule has 4 aromatic rings. The van der Waals surface area contributed by atoms with Crippen molar-refractivity contribution in [2.45, 2.75) is 64.9 Å². The first-order chi connectivity index (χ1) is 17.7. The van der Waals surface area contributed by atoms with E-state index in [4.69, 9.17) is 4.74 Å². The minimum Gasteiger partial charge on any atom is -0.451 e. The molecule has 2 aromatic heterocycles. The van der Waals surface area contributed by atoms with Crippen LogP contribution in [0.1, 0.15) is 71.5 Å². The van der Waals surface area contributed by atoms with Gasteiger partial charge in [-0.05, 0) is 80.1 Å². The summed E-state index contributed by atoms with van der Waals surface area (Å²) in [6, 6.07) is 11.4. The molecular weight excluding hydrogens is 522 g/mol. The maximum Gasteiger partial charge on any atom is 0.338 e. The summed E-state index contributed by atoms with van der Waals surface area (Å²) < 4.78 is 34.4. The molecule has 0 aliphatic carbocycles. The number of anilines is 1. The fourth-order valence-electron chi connectivity index (χ4n) is 3.99. The van der Waals surface area contributed by atoms with Crippen molar-refractivity contribution in [2.24, 2.45) is 0 Å². The van der Waals surface area contributed by atoms with Crippen molar-refractivity contribution in [3.8, 4) is 0 Å². The lowest BCUT2D eigenvalue weighted by Crippen LogP contribution is -2.18. The molecule has 8 nitrogen and oxygen atoms in total. The minimum absolute atomic E-state index is 0.201. The Hall–Kier alpha value is -3.50. The molecule has 0 fully saturated rings. The number of aromatic nitrogens is 2. The van der Waals surface area contributed by atoms with Gasteiger partial charge in [0.15, 0.2) is 11.9 Å². The second kappa shape index (κ2) is 9.99. The van der Waals surface area contributed by atoms with Crippen LogP contribution in [0, 0.1) is 20.8 Å². The molecule has 0 saturated heterocycles. The predicted octanol–water partition coefficient (Wildman–Crippen LogP) is 5.93. The zero-order valence-electron chi connectivity index (χ0n) is 22.4. The highest BCUT2D eigenvalue weighted by atomic mass is 32.2. The number of hydrogen-bond acceptors (Lipinski definition) is 7. The molecule has 0 amide bonds. The van der Waals surface area contributed by atoms with Crippen LogP contribution in [0.5, 0.6) is 0 Å². The number of benzene rings is 2. The number of ether oxygens (including phenoxy) is 1. The maximum atomic E-state index is 13.1. The quantitative estimate of drug-likeness (QED) is 0.286. The van der Waals surface area contributed by atoms with E-state index in [1.165, 1.54) is 35.6 Å². The first-order valence-corrected chi connectivity index (χ1v) is 14.4. The molecule has 4 rings (SSSR count). The third-order valence-corrected chi connectivity index (χ3v) is 9.07. The number of sulfonamides is 1. The van der Waals surface area contributed by atoms with Gasteiger partial charge in [-0.25, -0.2) is 18.2 Å². The Bertz CT molecular complexity index is 1700. The van der Waals surface area contributed by atoms with E-state index < -0.39 is 22.1 Å². The molecule has 2 N–H and O–H groups in total. The third-order valence-electron chi connectivity index (χ3n) is 6.44. The molecule has 0 aliphatic rings. The van der Waals surface area contributed by atoms with Gasteiger partial charge in [0.1, 0.15) is 4.83 Å². The van der Waals surface area contributed by atoms with Crippen molar-refractivity contribution in [3.63, 3.8) is 0 Å². The molecule has 38 heavy (non-hydrogen) atoms. The largest absolute Gasteiger partial charge is 0.451 e. The van der Waals surface area contributed by atoms with E-state index in [1.807, 2.05) is 40.7 Å². The predicted molar refractivity (Wildman–Crippen MR) is 151 cm³/mol. The molecule has 0 unspecified atom stereocenters. The van der Waals surface area contributed by atoms with Crippen molar-refractivity contribution in [2.75, 3.05) is 4.72 Å². The number of nitrogens with one attached hydrogen (secondary N) is 2. The van der Waals surface area contributed by atoms with Crippen LogP contribution in [0.4, 0.5) is 5.69 Å². The van der Waals surface area contributed by atoms with Crippen molar-refractivity contribution in [1.29, 1.82) is 0 Å². The summed E-state index contributed by atoms with van der Waals surface area (Å²) in [5, 5.41) is 0.549. The van der Waals surface area contributed by atoms with Gasteiger partial charge in [-0.1, -0.05) is 32.9 Å². The molecule has 0 bridgehead atoms. The Morgan fingerprint density at radius 1 is 1.08 bits per heavy atom. The van der Waals surface area contributed by atoms with Crippen LogP contribution in [0.15, 0.2) is 52.2 Å². The summed E-state index contributed by atoms with van der Waals surface area (Å²) >= 11 is 1.42. The standard InChI is InChI=1S/C28H31N3O5S2/c1-15-8-11-20(28(5,6)7)14-22(15)38(34,35)31-21-12-9-19(10-13-21)27(33)36-17(3)24-29-25(32)23-16(2)18(4)37-26(23)30-24/h8-14,17,31H,1-7H3,(H,29,30,32)/t17-/m1/s1. The number of aromatic amines is 1. The van der Waals surface area contributed by atoms with Gasteiger partial charge in [0, 0.05) is 10.6 Å². The number of carbonyl (C=O) groups excluding carboxylic acids is 1. The molecule has 0 saturated carbocycles. The summed E-state index contributed by atoms with van der Waals surface area (Å²) in [4.78, 5) is 34.3.